The minimum absolute atomic E-state index is 0.115. The first-order chi connectivity index (χ1) is 67.4. The van der Waals surface area contributed by atoms with Gasteiger partial charge in [0.1, 0.15) is 5.75 Å². The van der Waals surface area contributed by atoms with E-state index in [1.54, 1.807) is 17.4 Å². The van der Waals surface area contributed by atoms with Crippen molar-refractivity contribution in [3.63, 3.8) is 0 Å². The van der Waals surface area contributed by atoms with Crippen molar-refractivity contribution in [1.82, 2.24) is 0 Å². The van der Waals surface area contributed by atoms with Crippen LogP contribution in [0.5, 0.6) is 5.75 Å². The number of fused-ring (bicyclic) bond motifs is 8. The van der Waals surface area contributed by atoms with Crippen LogP contribution in [0.4, 0.5) is 0 Å². The highest BCUT2D eigenvalue weighted by molar-refractivity contribution is 9.11. The summed E-state index contributed by atoms with van der Waals surface area (Å²) in [7, 11) is 0.281. The van der Waals surface area contributed by atoms with E-state index in [2.05, 4.69) is 259 Å². The number of carbonyl (C=O) groups is 4. The van der Waals surface area contributed by atoms with Crippen LogP contribution in [0.3, 0.4) is 0 Å². The topological polar surface area (TPSA) is 118 Å². The fourth-order valence-corrected chi connectivity index (χ4v) is 25.3. The Labute approximate surface area is 857 Å². The zero-order valence-electron chi connectivity index (χ0n) is 77.5. The molecule has 7 nitrogen and oxygen atoms in total. The number of rotatable bonds is 11. The normalized spacial score (nSPS) is 13.9. The molecule has 22 rings (SSSR count). The number of hydrogen-bond acceptors (Lipinski definition) is 7. The van der Waals surface area contributed by atoms with E-state index in [9.17, 15) is 19.2 Å². The number of ketones is 4. The van der Waals surface area contributed by atoms with E-state index in [4.69, 9.17) is 38.0 Å². The van der Waals surface area contributed by atoms with Gasteiger partial charge in [0.15, 0.2) is 23.1 Å². The molecule has 692 valence electrons. The number of alkyl halides is 2. The maximum absolute atomic E-state index is 14.1. The van der Waals surface area contributed by atoms with Gasteiger partial charge in [0.2, 0.25) is 0 Å². The summed E-state index contributed by atoms with van der Waals surface area (Å²) in [6.45, 7) is 2.23. The lowest BCUT2D eigenvalue weighted by molar-refractivity contribution is 0.103. The van der Waals surface area contributed by atoms with E-state index >= 15 is 0 Å². The lowest BCUT2D eigenvalue weighted by atomic mass is 9.79. The Balaban J connectivity index is 0.000000124. The first kappa shape index (κ1) is 99.9. The van der Waals surface area contributed by atoms with Crippen molar-refractivity contribution in [2.24, 2.45) is 0 Å². The molecule has 15 heteroatoms. The molecule has 6 aliphatic rings. The number of aryl methyl sites for hydroxylation is 9. The van der Waals surface area contributed by atoms with Crippen molar-refractivity contribution in [1.29, 1.82) is 0 Å². The third kappa shape index (κ3) is 24.8. The van der Waals surface area contributed by atoms with E-state index < -0.39 is 7.12 Å². The lowest BCUT2D eigenvalue weighted by Gasteiger charge is -2.39. The van der Waals surface area contributed by atoms with Crippen LogP contribution < -0.4 is 15.5 Å². The maximum atomic E-state index is 14.1. The summed E-state index contributed by atoms with van der Waals surface area (Å²) >= 11 is 23.3. The molecule has 0 spiro atoms. The summed E-state index contributed by atoms with van der Waals surface area (Å²) in [5.74, 6) is 1.56. The van der Waals surface area contributed by atoms with Crippen molar-refractivity contribution in [2.75, 3.05) is 12.4 Å². The zero-order valence-corrected chi connectivity index (χ0v) is 86.2. The van der Waals surface area contributed by atoms with Gasteiger partial charge in [0, 0.05) is 68.0 Å². The molecule has 0 unspecified atom stereocenters. The summed E-state index contributed by atoms with van der Waals surface area (Å²) in [6.07, 6.45) is 21.7. The minimum Gasteiger partial charge on any atom is -0.496 e. The molecule has 2 saturated carbocycles. The second-order valence-electron chi connectivity index (χ2n) is 35.6. The van der Waals surface area contributed by atoms with Crippen LogP contribution in [0.25, 0.3) is 66.8 Å². The largest absolute Gasteiger partial charge is 0.496 e. The fourth-order valence-electron chi connectivity index (χ4n) is 19.9. The molecule has 0 heterocycles. The number of methoxy groups -OCH3 is 1. The van der Waals surface area contributed by atoms with Crippen LogP contribution >= 0.6 is 94.8 Å². The van der Waals surface area contributed by atoms with Gasteiger partial charge in [-0.3, -0.25) is 19.2 Å². The molecule has 0 aromatic heterocycles. The molecule has 0 radical (unpaired) electrons. The molecule has 2 fully saturated rings. The van der Waals surface area contributed by atoms with Gasteiger partial charge in [0.05, 0.1) is 12.4 Å². The lowest BCUT2D eigenvalue weighted by Crippen LogP contribution is -2.29. The third-order valence-electron chi connectivity index (χ3n) is 26.9. The van der Waals surface area contributed by atoms with Gasteiger partial charge in [0.25, 0.3) is 0 Å². The molecular formula is C123H108BBr4Cl2O7P. The minimum atomic E-state index is -1.41. The molecule has 0 bridgehead atoms. The summed E-state index contributed by atoms with van der Waals surface area (Å²) in [5.41, 5.74) is 33.4. The standard InChI is InChI=1S/C39H28O.C26H35OP.2C15H10Br2O.C15H12O.C12H11BO2.CH2Cl2/c40-39-37-25-35(33-15-7-13-31(23-33)27-9-3-1-4-10-27)21-19-29(37)17-18-30-20-22-36(26-38(30)39)34-16-8-14-32(24-34)28-11-5-2-6-12-28;1-20-12-11-18-24(27-2)26(20)23-17-9-10-19-25(23)28(21-13-5-3-6-14-21)22-15-7-4-8-16-22;2*16-11-5-3-9-1-2-10-4-6-12(17)8-14(10)15(18)13(9)7-11;16-15-13-7-3-1-5-11(13)9-10-12-6-2-4-8-14(12)15;14-13(15)12-8-4-7-11(9-12)10-5-2-1-3-6-10;2-1-3/h1-16,19-26H,17-18H2;9-12,17-19,21-22H,3-8,13-16H2,1-2H3;2*3-8H,1-2H2;1-8H,9-10H2;1-9,14-15H;1H2. The molecule has 0 atom stereocenters. The summed E-state index contributed by atoms with van der Waals surface area (Å²) in [5, 5.41) is 20.0. The van der Waals surface area contributed by atoms with E-state index in [1.807, 2.05) is 171 Å². The summed E-state index contributed by atoms with van der Waals surface area (Å²) in [4.78, 5) is 51.6. The van der Waals surface area contributed by atoms with Crippen molar-refractivity contribution in [2.45, 2.75) is 134 Å². The molecule has 0 aliphatic heterocycles. The Morgan fingerprint density at radius 2 is 0.565 bits per heavy atom. The van der Waals surface area contributed by atoms with Gasteiger partial charge < -0.3 is 14.8 Å². The Hall–Kier alpha value is -11.1. The van der Waals surface area contributed by atoms with Gasteiger partial charge >= 0.3 is 7.12 Å². The Kier molecular flexibility index (Phi) is 35.2. The number of ether oxygens (including phenoxy) is 1. The predicted molar refractivity (Wildman–Crippen MR) is 589 cm³/mol. The summed E-state index contributed by atoms with van der Waals surface area (Å²) in [6, 6.07) is 123. The van der Waals surface area contributed by atoms with Crippen LogP contribution in [0.2, 0.25) is 0 Å². The molecule has 138 heavy (non-hydrogen) atoms. The average Bonchev–Trinajstić information content (AvgIpc) is 1.40. The molecular weight excluding hydrogens is 2020 g/mol. The molecule has 6 aliphatic carbocycles. The van der Waals surface area contributed by atoms with Gasteiger partial charge in [-0.15, -0.1) is 23.2 Å². The van der Waals surface area contributed by atoms with Crippen LogP contribution in [0.15, 0.2) is 382 Å². The maximum Gasteiger partial charge on any atom is 0.488 e. The van der Waals surface area contributed by atoms with Crippen molar-refractivity contribution < 1.29 is 34.0 Å². The Morgan fingerprint density at radius 1 is 0.290 bits per heavy atom. The van der Waals surface area contributed by atoms with Gasteiger partial charge in [-0.2, -0.15) is 0 Å². The van der Waals surface area contributed by atoms with Gasteiger partial charge in [-0.25, -0.2) is 0 Å². The van der Waals surface area contributed by atoms with Crippen molar-refractivity contribution >= 4 is 136 Å². The smallest absolute Gasteiger partial charge is 0.488 e. The highest BCUT2D eigenvalue weighted by Crippen LogP contribution is 2.57. The predicted octanol–water partition coefficient (Wildman–Crippen LogP) is 31.7. The van der Waals surface area contributed by atoms with Gasteiger partial charge in [-0.1, -0.05) is 395 Å². The monoisotopic (exact) mass is 2120 g/mol. The Bertz CT molecular complexity index is 6570. The first-order valence-corrected chi connectivity index (χ1v) is 53.3. The molecule has 0 amide bonds. The Morgan fingerprint density at radius 3 is 0.928 bits per heavy atom. The highest BCUT2D eigenvalue weighted by atomic mass is 79.9. The number of carbonyl (C=O) groups excluding carboxylic acids is 4. The second-order valence-corrected chi connectivity index (χ2v) is 42.8. The zero-order chi connectivity index (χ0) is 96.0. The van der Waals surface area contributed by atoms with E-state index in [1.165, 1.54) is 114 Å². The fraction of sp³-hybridized carbons (Fsp3) is 0.187. The van der Waals surface area contributed by atoms with E-state index in [-0.39, 0.29) is 36.4 Å². The summed E-state index contributed by atoms with van der Waals surface area (Å²) < 4.78 is 9.62. The molecule has 16 aromatic rings. The number of hydrogen-bond donors (Lipinski definition) is 2. The van der Waals surface area contributed by atoms with E-state index in [0.717, 1.165) is 198 Å². The highest BCUT2D eigenvalue weighted by Gasteiger charge is 2.35. The van der Waals surface area contributed by atoms with Gasteiger partial charge in [-0.05, 0) is 296 Å². The average molecular weight is 2130 g/mol. The van der Waals surface area contributed by atoms with Crippen LogP contribution in [0, 0.1) is 6.92 Å². The SMILES string of the molecule is COc1cccc(C)c1-c1ccccc1P(C1CCCCC1)C1CCCCC1.ClCCl.O=C1c2cc(-c3cccc(-c4ccccc4)c3)ccc2CCc2ccc(-c3cccc(-c4ccccc4)c3)cc21.O=C1c2cc(Br)ccc2CCc2ccc(Br)cc21.O=C1c2cc(Br)ccc2CCc2ccc(Br)cc21.O=C1c2ccccc2CCc2ccccc21.OB(O)c1cccc(-c2ccccc2)c1. The first-order valence-electron chi connectivity index (χ1n) is 47.6. The van der Waals surface area contributed by atoms with Crippen LogP contribution in [0.1, 0.15) is 178 Å². The molecule has 0 saturated heterocycles. The molecule has 16 aromatic carbocycles. The quantitative estimate of drug-likeness (QED) is 0.0752. The van der Waals surface area contributed by atoms with Crippen molar-refractivity contribution in [3.05, 3.63) is 476 Å². The molecule has 2 N–H and O–H groups in total. The second kappa shape index (κ2) is 48.7. The number of halogens is 6. The van der Waals surface area contributed by atoms with Crippen LogP contribution in [-0.4, -0.2) is 64.1 Å². The number of benzene rings is 16. The third-order valence-corrected chi connectivity index (χ3v) is 32.4. The van der Waals surface area contributed by atoms with Crippen LogP contribution in [-0.2, 0) is 51.4 Å². The van der Waals surface area contributed by atoms with E-state index in [0.29, 0.717) is 5.46 Å². The van der Waals surface area contributed by atoms with Crippen molar-refractivity contribution in [3.8, 4) is 72.5 Å².